The lowest BCUT2D eigenvalue weighted by atomic mass is 9.93. The van der Waals surface area contributed by atoms with Gasteiger partial charge in [0.15, 0.2) is 0 Å². The number of aliphatic hydroxyl groups excluding tert-OH is 1. The first-order valence-electron chi connectivity index (χ1n) is 8.67. The number of carbonyl (C=O) groups excluding carboxylic acids is 1. The largest absolute Gasteiger partial charge is 0.492 e. The summed E-state index contributed by atoms with van der Waals surface area (Å²) < 4.78 is 5.50. The highest BCUT2D eigenvalue weighted by Crippen LogP contribution is 2.24. The minimum absolute atomic E-state index is 0.132. The number of aliphatic hydroxyl groups is 1. The standard InChI is InChI=1S/C20H26N2O3/c1-2-25-19-11-7-6-10-18(19)22-20(24)21-14-12-17(13-15-23)16-8-4-3-5-9-16/h3-11,17,23H,2,12-15H2,1H3,(H2,21,22,24)/t17-/m1/s1. The van der Waals surface area contributed by atoms with E-state index in [1.54, 1.807) is 0 Å². The number of rotatable bonds is 9. The number of amides is 2. The number of anilines is 1. The molecule has 2 rings (SSSR count). The Bertz CT molecular complexity index is 646. The molecule has 0 bridgehead atoms. The minimum Gasteiger partial charge on any atom is -0.492 e. The van der Waals surface area contributed by atoms with Crippen LogP contribution in [-0.2, 0) is 0 Å². The first-order chi connectivity index (χ1) is 12.2. The van der Waals surface area contributed by atoms with Gasteiger partial charge in [-0.1, -0.05) is 42.5 Å². The van der Waals surface area contributed by atoms with Crippen molar-refractivity contribution in [2.24, 2.45) is 0 Å². The zero-order valence-electron chi connectivity index (χ0n) is 14.6. The predicted molar refractivity (Wildman–Crippen MR) is 100 cm³/mol. The van der Waals surface area contributed by atoms with Crippen LogP contribution >= 0.6 is 0 Å². The molecule has 0 fully saturated rings. The van der Waals surface area contributed by atoms with Gasteiger partial charge in [0.2, 0.25) is 0 Å². The number of urea groups is 1. The van der Waals surface area contributed by atoms with Crippen LogP contribution in [0.5, 0.6) is 5.75 Å². The average molecular weight is 342 g/mol. The molecule has 0 aromatic heterocycles. The van der Waals surface area contributed by atoms with Crippen LogP contribution in [0, 0.1) is 0 Å². The van der Waals surface area contributed by atoms with Gasteiger partial charge in [0, 0.05) is 13.2 Å². The van der Waals surface area contributed by atoms with E-state index in [2.05, 4.69) is 22.8 Å². The molecule has 0 spiro atoms. The monoisotopic (exact) mass is 342 g/mol. The number of hydrogen-bond acceptors (Lipinski definition) is 3. The van der Waals surface area contributed by atoms with Gasteiger partial charge in [0.1, 0.15) is 5.75 Å². The summed E-state index contributed by atoms with van der Waals surface area (Å²) in [5, 5.41) is 15.0. The highest BCUT2D eigenvalue weighted by molar-refractivity contribution is 5.90. The first kappa shape index (κ1) is 18.8. The first-order valence-corrected chi connectivity index (χ1v) is 8.67. The van der Waals surface area contributed by atoms with E-state index in [0.29, 0.717) is 31.0 Å². The summed E-state index contributed by atoms with van der Waals surface area (Å²) in [4.78, 5) is 12.1. The minimum atomic E-state index is -0.261. The van der Waals surface area contributed by atoms with E-state index < -0.39 is 0 Å². The summed E-state index contributed by atoms with van der Waals surface area (Å²) in [6, 6.07) is 17.2. The summed E-state index contributed by atoms with van der Waals surface area (Å²) in [7, 11) is 0. The molecule has 2 aromatic rings. The Labute approximate surface area is 149 Å². The number of benzene rings is 2. The van der Waals surface area contributed by atoms with Gasteiger partial charge >= 0.3 is 6.03 Å². The van der Waals surface area contributed by atoms with Crippen LogP contribution in [0.25, 0.3) is 0 Å². The van der Waals surface area contributed by atoms with E-state index in [9.17, 15) is 9.90 Å². The molecular formula is C20H26N2O3. The third kappa shape index (κ3) is 6.12. The van der Waals surface area contributed by atoms with Gasteiger partial charge < -0.3 is 20.5 Å². The molecule has 0 aliphatic rings. The number of hydrogen-bond donors (Lipinski definition) is 3. The van der Waals surface area contributed by atoms with Gasteiger partial charge in [-0.25, -0.2) is 4.79 Å². The van der Waals surface area contributed by atoms with E-state index in [-0.39, 0.29) is 18.6 Å². The molecule has 0 aliphatic carbocycles. The smallest absolute Gasteiger partial charge is 0.319 e. The highest BCUT2D eigenvalue weighted by atomic mass is 16.5. The van der Waals surface area contributed by atoms with Crippen molar-refractivity contribution in [1.82, 2.24) is 5.32 Å². The molecule has 134 valence electrons. The quantitative estimate of drug-likeness (QED) is 0.650. The van der Waals surface area contributed by atoms with Crippen LogP contribution in [0.4, 0.5) is 10.5 Å². The number of para-hydroxylation sites is 2. The second kappa shape index (κ2) is 10.4. The highest BCUT2D eigenvalue weighted by Gasteiger charge is 2.12. The van der Waals surface area contributed by atoms with E-state index >= 15 is 0 Å². The van der Waals surface area contributed by atoms with Crippen molar-refractivity contribution in [3.8, 4) is 5.75 Å². The summed E-state index contributed by atoms with van der Waals surface area (Å²) in [5.41, 5.74) is 1.83. The normalized spacial score (nSPS) is 11.6. The zero-order valence-corrected chi connectivity index (χ0v) is 14.6. The van der Waals surface area contributed by atoms with Crippen molar-refractivity contribution in [3.63, 3.8) is 0 Å². The van der Waals surface area contributed by atoms with Crippen LogP contribution in [0.15, 0.2) is 54.6 Å². The Kier molecular flexibility index (Phi) is 7.79. The van der Waals surface area contributed by atoms with Crippen molar-refractivity contribution in [3.05, 3.63) is 60.2 Å². The van der Waals surface area contributed by atoms with E-state index in [0.717, 1.165) is 6.42 Å². The maximum Gasteiger partial charge on any atom is 0.319 e. The van der Waals surface area contributed by atoms with Gasteiger partial charge in [-0.2, -0.15) is 0 Å². The zero-order chi connectivity index (χ0) is 17.9. The van der Waals surface area contributed by atoms with Crippen molar-refractivity contribution in [2.45, 2.75) is 25.7 Å². The Balaban J connectivity index is 1.85. The molecule has 5 nitrogen and oxygen atoms in total. The van der Waals surface area contributed by atoms with E-state index in [4.69, 9.17) is 4.74 Å². The lowest BCUT2D eigenvalue weighted by Crippen LogP contribution is -2.30. The Morgan fingerprint density at radius 2 is 1.80 bits per heavy atom. The molecule has 0 heterocycles. The Morgan fingerprint density at radius 1 is 1.08 bits per heavy atom. The second-order valence-corrected chi connectivity index (χ2v) is 5.72. The molecule has 0 saturated carbocycles. The molecule has 2 aromatic carbocycles. The van der Waals surface area contributed by atoms with Gasteiger partial charge in [-0.3, -0.25) is 0 Å². The molecule has 0 saturated heterocycles. The maximum atomic E-state index is 12.1. The topological polar surface area (TPSA) is 70.6 Å². The number of ether oxygens (including phenoxy) is 1. The van der Waals surface area contributed by atoms with Gasteiger partial charge in [-0.15, -0.1) is 0 Å². The summed E-state index contributed by atoms with van der Waals surface area (Å²) in [5.74, 6) is 0.879. The fourth-order valence-electron chi connectivity index (χ4n) is 2.74. The number of nitrogens with one attached hydrogen (secondary N) is 2. The van der Waals surface area contributed by atoms with Crippen LogP contribution in [-0.4, -0.2) is 30.9 Å². The molecular weight excluding hydrogens is 316 g/mol. The Morgan fingerprint density at radius 3 is 2.52 bits per heavy atom. The van der Waals surface area contributed by atoms with Crippen molar-refractivity contribution >= 4 is 11.7 Å². The molecule has 3 N–H and O–H groups in total. The fourth-order valence-corrected chi connectivity index (χ4v) is 2.74. The summed E-state index contributed by atoms with van der Waals surface area (Å²) in [6.45, 7) is 3.11. The molecule has 0 radical (unpaired) electrons. The molecule has 1 atom stereocenters. The van der Waals surface area contributed by atoms with Gasteiger partial charge in [0.05, 0.1) is 12.3 Å². The Hall–Kier alpha value is -2.53. The third-order valence-electron chi connectivity index (χ3n) is 3.96. The maximum absolute atomic E-state index is 12.1. The number of carbonyl (C=O) groups is 1. The van der Waals surface area contributed by atoms with Crippen molar-refractivity contribution in [1.29, 1.82) is 0 Å². The fraction of sp³-hybridized carbons (Fsp3) is 0.350. The average Bonchev–Trinajstić information content (AvgIpc) is 2.63. The van der Waals surface area contributed by atoms with Crippen molar-refractivity contribution < 1.29 is 14.6 Å². The van der Waals surface area contributed by atoms with Gasteiger partial charge in [0.25, 0.3) is 0 Å². The van der Waals surface area contributed by atoms with Crippen LogP contribution in [0.1, 0.15) is 31.2 Å². The van der Waals surface area contributed by atoms with E-state index in [1.165, 1.54) is 5.56 Å². The summed E-state index contributed by atoms with van der Waals surface area (Å²) in [6.07, 6.45) is 1.45. The van der Waals surface area contributed by atoms with Crippen LogP contribution in [0.3, 0.4) is 0 Å². The predicted octanol–water partition coefficient (Wildman–Crippen LogP) is 3.76. The van der Waals surface area contributed by atoms with E-state index in [1.807, 2.05) is 49.4 Å². The van der Waals surface area contributed by atoms with Gasteiger partial charge in [-0.05, 0) is 43.4 Å². The van der Waals surface area contributed by atoms with Crippen molar-refractivity contribution in [2.75, 3.05) is 25.1 Å². The lowest BCUT2D eigenvalue weighted by Gasteiger charge is -2.17. The molecule has 0 unspecified atom stereocenters. The molecule has 25 heavy (non-hydrogen) atoms. The summed E-state index contributed by atoms with van der Waals surface area (Å²) >= 11 is 0. The second-order valence-electron chi connectivity index (χ2n) is 5.72. The molecule has 5 heteroatoms. The molecule has 0 aliphatic heterocycles. The van der Waals surface area contributed by atoms with Crippen LogP contribution in [0.2, 0.25) is 0 Å². The third-order valence-corrected chi connectivity index (χ3v) is 3.96. The molecule has 2 amide bonds. The lowest BCUT2D eigenvalue weighted by molar-refractivity contribution is 0.250. The van der Waals surface area contributed by atoms with Crippen LogP contribution < -0.4 is 15.4 Å². The SMILES string of the molecule is CCOc1ccccc1NC(=O)NCC[C@H](CCO)c1ccccc1.